The molecule has 84 valence electrons. The van der Waals surface area contributed by atoms with Crippen molar-refractivity contribution in [2.45, 2.75) is 19.8 Å². The molecule has 3 nitrogen and oxygen atoms in total. The Morgan fingerprint density at radius 3 is 2.69 bits per heavy atom. The summed E-state index contributed by atoms with van der Waals surface area (Å²) in [5, 5.41) is 1.73. The topological polar surface area (TPSA) is 50.9 Å². The molecule has 2 aromatic rings. The maximum Gasteiger partial charge on any atom is 0.0721 e. The molecule has 0 atom stereocenters. The predicted molar refractivity (Wildman–Crippen MR) is 68.7 cm³/mol. The molecule has 0 amide bonds. The highest BCUT2D eigenvalue weighted by Crippen LogP contribution is 2.27. The molecular weight excluding hydrogens is 222 g/mol. The monoisotopic (exact) mass is 235 g/mol. The first-order chi connectivity index (χ1) is 7.61. The first-order valence-corrected chi connectivity index (χ1v) is 5.56. The molecule has 0 aliphatic heterocycles. The summed E-state index contributed by atoms with van der Waals surface area (Å²) in [5.41, 5.74) is 5.41. The molecule has 0 saturated carbocycles. The molecule has 0 spiro atoms. The van der Waals surface area contributed by atoms with Gasteiger partial charge in [-0.3, -0.25) is 10.8 Å². The van der Waals surface area contributed by atoms with Crippen molar-refractivity contribution in [2.24, 2.45) is 5.84 Å². The molecule has 0 aliphatic rings. The average molecular weight is 236 g/mol. The van der Waals surface area contributed by atoms with E-state index in [1.807, 2.05) is 24.3 Å². The normalized spacial score (nSPS) is 11.1. The fourth-order valence-electron chi connectivity index (χ4n) is 1.71. The lowest BCUT2D eigenvalue weighted by atomic mass is 10.1. The smallest absolute Gasteiger partial charge is 0.0721 e. The van der Waals surface area contributed by atoms with Gasteiger partial charge in [-0.25, -0.2) is 0 Å². The Labute approximate surface area is 99.6 Å². The molecule has 16 heavy (non-hydrogen) atoms. The zero-order chi connectivity index (χ0) is 11.7. The highest BCUT2D eigenvalue weighted by molar-refractivity contribution is 6.31. The summed E-state index contributed by atoms with van der Waals surface area (Å²) in [7, 11) is 0. The number of nitrogen functional groups attached to an aromatic ring is 1. The van der Waals surface area contributed by atoms with E-state index in [9.17, 15) is 0 Å². The predicted octanol–water partition coefficient (Wildman–Crippen LogP) is 3.30. The zero-order valence-electron chi connectivity index (χ0n) is 9.29. The van der Waals surface area contributed by atoms with Gasteiger partial charge in [0.1, 0.15) is 0 Å². The molecule has 1 aromatic carbocycles. The van der Waals surface area contributed by atoms with E-state index in [1.54, 1.807) is 0 Å². The second-order valence-electron chi connectivity index (χ2n) is 4.06. The van der Waals surface area contributed by atoms with Gasteiger partial charge >= 0.3 is 0 Å². The molecule has 1 aromatic heterocycles. The van der Waals surface area contributed by atoms with Crippen molar-refractivity contribution in [1.82, 2.24) is 4.98 Å². The fourth-order valence-corrected chi connectivity index (χ4v) is 1.88. The van der Waals surface area contributed by atoms with Gasteiger partial charge in [0.25, 0.3) is 0 Å². The lowest BCUT2D eigenvalue weighted by molar-refractivity contribution is 0.831. The third-order valence-corrected chi connectivity index (χ3v) is 2.75. The molecule has 0 bridgehead atoms. The van der Waals surface area contributed by atoms with Crippen LogP contribution in [0.4, 0.5) is 5.69 Å². The molecule has 0 radical (unpaired) electrons. The molecule has 0 aliphatic carbocycles. The van der Waals surface area contributed by atoms with E-state index >= 15 is 0 Å². The Morgan fingerprint density at radius 1 is 1.31 bits per heavy atom. The molecule has 0 saturated heterocycles. The first-order valence-electron chi connectivity index (χ1n) is 5.18. The van der Waals surface area contributed by atoms with Gasteiger partial charge in [-0.15, -0.1) is 0 Å². The summed E-state index contributed by atoms with van der Waals surface area (Å²) in [6.45, 7) is 4.17. The second kappa shape index (κ2) is 4.28. The van der Waals surface area contributed by atoms with E-state index in [0.717, 1.165) is 22.3 Å². The highest BCUT2D eigenvalue weighted by atomic mass is 35.5. The van der Waals surface area contributed by atoms with Gasteiger partial charge < -0.3 is 5.43 Å². The standard InChI is InChI=1S/C12H14ClN3/c1-7(2)12-11(16-14)5-8-3-4-9(13)6-10(8)15-12/h3-7,16H,14H2,1-2H3. The van der Waals surface area contributed by atoms with Crippen LogP contribution in [0, 0.1) is 0 Å². The summed E-state index contributed by atoms with van der Waals surface area (Å²) < 4.78 is 0. The minimum absolute atomic E-state index is 0.314. The van der Waals surface area contributed by atoms with Crippen molar-refractivity contribution in [3.8, 4) is 0 Å². The largest absolute Gasteiger partial charge is 0.322 e. The van der Waals surface area contributed by atoms with Crippen LogP contribution >= 0.6 is 11.6 Å². The van der Waals surface area contributed by atoms with Gasteiger partial charge in [0, 0.05) is 10.4 Å². The number of nitrogens with two attached hydrogens (primary N) is 1. The number of benzene rings is 1. The molecule has 3 N–H and O–H groups in total. The van der Waals surface area contributed by atoms with Crippen molar-refractivity contribution in [3.63, 3.8) is 0 Å². The number of fused-ring (bicyclic) bond motifs is 1. The quantitative estimate of drug-likeness (QED) is 0.620. The lowest BCUT2D eigenvalue weighted by Gasteiger charge is -2.12. The Bertz CT molecular complexity index is 523. The van der Waals surface area contributed by atoms with Gasteiger partial charge in [0.05, 0.1) is 16.9 Å². The zero-order valence-corrected chi connectivity index (χ0v) is 10.0. The van der Waals surface area contributed by atoms with E-state index in [4.69, 9.17) is 17.4 Å². The first kappa shape index (κ1) is 11.2. The molecule has 2 rings (SSSR count). The Hall–Kier alpha value is -1.32. The minimum atomic E-state index is 0.314. The Morgan fingerprint density at radius 2 is 2.06 bits per heavy atom. The fraction of sp³-hybridized carbons (Fsp3) is 0.250. The summed E-state index contributed by atoms with van der Waals surface area (Å²) >= 11 is 5.94. The van der Waals surface area contributed by atoms with Gasteiger partial charge in [0.2, 0.25) is 0 Å². The third kappa shape index (κ3) is 1.96. The number of hydrogen-bond acceptors (Lipinski definition) is 3. The number of rotatable bonds is 2. The summed E-state index contributed by atoms with van der Waals surface area (Å²) in [6, 6.07) is 7.65. The number of nitrogens with zero attached hydrogens (tertiary/aromatic N) is 1. The lowest BCUT2D eigenvalue weighted by Crippen LogP contribution is -2.11. The number of hydrogen-bond donors (Lipinski definition) is 2. The van der Waals surface area contributed by atoms with Crippen molar-refractivity contribution in [1.29, 1.82) is 0 Å². The minimum Gasteiger partial charge on any atom is -0.322 e. The molecular formula is C12H14ClN3. The molecule has 4 heteroatoms. The van der Waals surface area contributed by atoms with Crippen LogP contribution in [0.2, 0.25) is 5.02 Å². The number of pyridine rings is 1. The highest BCUT2D eigenvalue weighted by Gasteiger charge is 2.09. The van der Waals surface area contributed by atoms with Gasteiger partial charge in [-0.2, -0.15) is 0 Å². The van der Waals surface area contributed by atoms with Crippen LogP contribution in [0.15, 0.2) is 24.3 Å². The van der Waals surface area contributed by atoms with Gasteiger partial charge in [-0.05, 0) is 24.1 Å². The van der Waals surface area contributed by atoms with Crippen LogP contribution in [0.3, 0.4) is 0 Å². The van der Waals surface area contributed by atoms with Gasteiger partial charge in [0.15, 0.2) is 0 Å². The summed E-state index contributed by atoms with van der Waals surface area (Å²) in [4.78, 5) is 4.58. The van der Waals surface area contributed by atoms with Crippen molar-refractivity contribution >= 4 is 28.2 Å². The van der Waals surface area contributed by atoms with Crippen LogP contribution in [-0.2, 0) is 0 Å². The number of halogens is 1. The SMILES string of the molecule is CC(C)c1nc2cc(Cl)ccc2cc1NN. The molecule has 1 heterocycles. The Kier molecular flexibility index (Phi) is 2.99. The van der Waals surface area contributed by atoms with Crippen LogP contribution in [-0.4, -0.2) is 4.98 Å². The Balaban J connectivity index is 2.70. The molecule has 0 unspecified atom stereocenters. The number of nitrogens with one attached hydrogen (secondary N) is 1. The van der Waals surface area contributed by atoms with Crippen LogP contribution in [0.1, 0.15) is 25.5 Å². The average Bonchev–Trinajstić information content (AvgIpc) is 2.27. The van der Waals surface area contributed by atoms with Crippen LogP contribution < -0.4 is 11.3 Å². The second-order valence-corrected chi connectivity index (χ2v) is 4.49. The van der Waals surface area contributed by atoms with Crippen molar-refractivity contribution in [3.05, 3.63) is 35.0 Å². The van der Waals surface area contributed by atoms with Crippen LogP contribution in [0.5, 0.6) is 0 Å². The van der Waals surface area contributed by atoms with E-state index in [2.05, 4.69) is 24.3 Å². The number of hydrazine groups is 1. The number of aromatic nitrogens is 1. The summed E-state index contributed by atoms with van der Waals surface area (Å²) in [6.07, 6.45) is 0. The van der Waals surface area contributed by atoms with Crippen molar-refractivity contribution in [2.75, 3.05) is 5.43 Å². The van der Waals surface area contributed by atoms with Gasteiger partial charge in [-0.1, -0.05) is 31.5 Å². The van der Waals surface area contributed by atoms with Crippen molar-refractivity contribution < 1.29 is 0 Å². The van der Waals surface area contributed by atoms with E-state index < -0.39 is 0 Å². The van der Waals surface area contributed by atoms with Crippen LogP contribution in [0.25, 0.3) is 10.9 Å². The summed E-state index contributed by atoms with van der Waals surface area (Å²) in [5.74, 6) is 5.81. The van der Waals surface area contributed by atoms with E-state index in [-0.39, 0.29) is 0 Å². The van der Waals surface area contributed by atoms with E-state index in [1.165, 1.54) is 0 Å². The number of anilines is 1. The molecule has 0 fully saturated rings. The third-order valence-electron chi connectivity index (χ3n) is 2.51. The maximum absolute atomic E-state index is 5.94. The maximum atomic E-state index is 5.94. The van der Waals surface area contributed by atoms with E-state index in [0.29, 0.717) is 10.9 Å².